The maximum atomic E-state index is 10.6. The molecule has 0 bridgehead atoms. The molecule has 19 heavy (non-hydrogen) atoms. The quantitative estimate of drug-likeness (QED) is 0.328. The van der Waals surface area contributed by atoms with Crippen LogP contribution >= 0.6 is 0 Å². The van der Waals surface area contributed by atoms with E-state index in [4.69, 9.17) is 10.2 Å². The summed E-state index contributed by atoms with van der Waals surface area (Å²) < 4.78 is 0. The number of unbranched alkanes of at least 4 members (excludes halogenated alkanes) is 8. The summed E-state index contributed by atoms with van der Waals surface area (Å²) >= 11 is 0. The van der Waals surface area contributed by atoms with Crippen molar-refractivity contribution >= 4 is 49.7 Å². The maximum absolute atomic E-state index is 10.6. The molecule has 0 aliphatic carbocycles. The van der Waals surface area contributed by atoms with Crippen LogP contribution in [0.2, 0.25) is 0 Å². The standard InChI is InChI=1S/C14H26O4.Ca.2H/c1-2-3-4-5-6-7-8-9-10-11-12(13(15)16)14(17)18;;;/h12H,2-11H2,1H3,(H,15,16)(H,17,18);;;/q;+2;2*-1. The molecular formula is C14H28CaO4. The smallest absolute Gasteiger partial charge is 1.00 e. The zero-order valence-corrected chi connectivity index (χ0v) is 14.3. The van der Waals surface area contributed by atoms with Crippen LogP contribution in [0, 0.1) is 5.92 Å². The number of carboxylic acids is 2. The fourth-order valence-electron chi connectivity index (χ4n) is 2.01. The first-order valence-corrected chi connectivity index (χ1v) is 7.05. The molecule has 0 aromatic carbocycles. The zero-order chi connectivity index (χ0) is 13.8. The van der Waals surface area contributed by atoms with Gasteiger partial charge in [0.2, 0.25) is 0 Å². The van der Waals surface area contributed by atoms with Gasteiger partial charge < -0.3 is 13.1 Å². The zero-order valence-electron chi connectivity index (χ0n) is 14.1. The Bertz CT molecular complexity index is 239. The Hall–Kier alpha value is 0.200. The first-order valence-electron chi connectivity index (χ1n) is 7.05. The van der Waals surface area contributed by atoms with Crippen LogP contribution in [0.4, 0.5) is 0 Å². The van der Waals surface area contributed by atoms with Crippen molar-refractivity contribution in [3.8, 4) is 0 Å². The molecule has 0 saturated heterocycles. The van der Waals surface area contributed by atoms with Gasteiger partial charge in [0.1, 0.15) is 0 Å². The number of carboxylic acid groups (broad SMARTS) is 2. The molecule has 0 saturated carbocycles. The predicted octanol–water partition coefficient (Wildman–Crippen LogP) is 3.54. The molecule has 5 heteroatoms. The van der Waals surface area contributed by atoms with E-state index in [2.05, 4.69) is 6.92 Å². The Labute approximate surface area is 148 Å². The van der Waals surface area contributed by atoms with Gasteiger partial charge in [-0.25, -0.2) is 0 Å². The Morgan fingerprint density at radius 2 is 1.21 bits per heavy atom. The van der Waals surface area contributed by atoms with Gasteiger partial charge in [0, 0.05) is 0 Å². The summed E-state index contributed by atoms with van der Waals surface area (Å²) in [5, 5.41) is 17.4. The van der Waals surface area contributed by atoms with E-state index in [1.54, 1.807) is 0 Å². The molecule has 0 aliphatic heterocycles. The van der Waals surface area contributed by atoms with Gasteiger partial charge in [0.05, 0.1) is 0 Å². The van der Waals surface area contributed by atoms with Crippen LogP contribution in [0.1, 0.15) is 74.0 Å². The fourth-order valence-corrected chi connectivity index (χ4v) is 2.01. The van der Waals surface area contributed by atoms with E-state index in [9.17, 15) is 9.59 Å². The molecule has 2 N–H and O–H groups in total. The minimum absolute atomic E-state index is 0. The summed E-state index contributed by atoms with van der Waals surface area (Å²) in [6.07, 6.45) is 10.5. The van der Waals surface area contributed by atoms with E-state index in [1.165, 1.54) is 38.5 Å². The van der Waals surface area contributed by atoms with E-state index in [0.717, 1.165) is 12.8 Å². The van der Waals surface area contributed by atoms with Crippen LogP contribution in [0.25, 0.3) is 0 Å². The SMILES string of the molecule is CCCCCCCCCCCC(C(=O)O)C(=O)O.[Ca+2].[H-].[H-]. The number of aliphatic carboxylic acids is 2. The van der Waals surface area contributed by atoms with E-state index in [-0.39, 0.29) is 47.0 Å². The molecule has 0 amide bonds. The Balaban J connectivity index is -0.000000482. The van der Waals surface area contributed by atoms with Gasteiger partial charge in [-0.1, -0.05) is 64.7 Å². The first kappa shape index (κ1) is 21.5. The van der Waals surface area contributed by atoms with Crippen molar-refractivity contribution in [2.45, 2.75) is 71.1 Å². The summed E-state index contributed by atoms with van der Waals surface area (Å²) in [6, 6.07) is 0. The third-order valence-electron chi connectivity index (χ3n) is 3.19. The Morgan fingerprint density at radius 1 is 0.842 bits per heavy atom. The molecule has 110 valence electrons. The third kappa shape index (κ3) is 13.0. The van der Waals surface area contributed by atoms with Crippen LogP contribution in [0.3, 0.4) is 0 Å². The Kier molecular flexibility index (Phi) is 16.5. The number of carbonyl (C=O) groups is 2. The largest absolute Gasteiger partial charge is 2.00 e. The van der Waals surface area contributed by atoms with Crippen molar-refractivity contribution in [3.63, 3.8) is 0 Å². The summed E-state index contributed by atoms with van der Waals surface area (Å²) in [6.45, 7) is 2.20. The van der Waals surface area contributed by atoms with E-state index in [0.29, 0.717) is 6.42 Å². The van der Waals surface area contributed by atoms with Crippen LogP contribution in [-0.2, 0) is 9.59 Å². The van der Waals surface area contributed by atoms with Crippen molar-refractivity contribution in [1.82, 2.24) is 0 Å². The summed E-state index contributed by atoms with van der Waals surface area (Å²) in [4.78, 5) is 21.3. The molecule has 0 aromatic rings. The minimum Gasteiger partial charge on any atom is -1.00 e. The molecule has 0 atom stereocenters. The van der Waals surface area contributed by atoms with Gasteiger partial charge in [-0.05, 0) is 6.42 Å². The second kappa shape index (κ2) is 14.6. The molecular weight excluding hydrogens is 272 g/mol. The molecule has 0 heterocycles. The summed E-state index contributed by atoms with van der Waals surface area (Å²) in [5.74, 6) is -3.67. The van der Waals surface area contributed by atoms with Crippen LogP contribution < -0.4 is 0 Å². The van der Waals surface area contributed by atoms with Crippen molar-refractivity contribution in [1.29, 1.82) is 0 Å². The molecule has 0 spiro atoms. The second-order valence-electron chi connectivity index (χ2n) is 4.85. The minimum atomic E-state index is -1.23. The van der Waals surface area contributed by atoms with Crippen molar-refractivity contribution in [3.05, 3.63) is 0 Å². The van der Waals surface area contributed by atoms with Gasteiger partial charge in [0.25, 0.3) is 0 Å². The molecule has 0 radical (unpaired) electrons. The molecule has 0 aromatic heterocycles. The van der Waals surface area contributed by atoms with Crippen LogP contribution in [0.5, 0.6) is 0 Å². The van der Waals surface area contributed by atoms with Gasteiger partial charge in [-0.2, -0.15) is 0 Å². The third-order valence-corrected chi connectivity index (χ3v) is 3.19. The average molecular weight is 300 g/mol. The number of rotatable bonds is 12. The van der Waals surface area contributed by atoms with Crippen LogP contribution in [0.15, 0.2) is 0 Å². The van der Waals surface area contributed by atoms with Gasteiger partial charge in [0.15, 0.2) is 5.92 Å². The Morgan fingerprint density at radius 3 is 1.58 bits per heavy atom. The predicted molar refractivity (Wildman–Crippen MR) is 78.6 cm³/mol. The normalized spacial score (nSPS) is 10.2. The molecule has 4 nitrogen and oxygen atoms in total. The number of hydrogen-bond acceptors (Lipinski definition) is 2. The van der Waals surface area contributed by atoms with Crippen molar-refractivity contribution < 1.29 is 22.7 Å². The van der Waals surface area contributed by atoms with E-state index >= 15 is 0 Å². The van der Waals surface area contributed by atoms with E-state index < -0.39 is 17.9 Å². The average Bonchev–Trinajstić information content (AvgIpc) is 2.30. The topological polar surface area (TPSA) is 74.6 Å². The molecule has 0 aliphatic rings. The van der Waals surface area contributed by atoms with Gasteiger partial charge in [-0.3, -0.25) is 9.59 Å². The molecule has 0 rings (SSSR count). The summed E-state index contributed by atoms with van der Waals surface area (Å²) in [5.41, 5.74) is 0. The monoisotopic (exact) mass is 300 g/mol. The van der Waals surface area contributed by atoms with Gasteiger partial charge >= 0.3 is 49.7 Å². The molecule has 0 unspecified atom stereocenters. The summed E-state index contributed by atoms with van der Waals surface area (Å²) in [7, 11) is 0. The van der Waals surface area contributed by atoms with Crippen molar-refractivity contribution in [2.75, 3.05) is 0 Å². The van der Waals surface area contributed by atoms with Crippen LogP contribution in [-0.4, -0.2) is 59.9 Å². The van der Waals surface area contributed by atoms with Gasteiger partial charge in [-0.15, -0.1) is 0 Å². The van der Waals surface area contributed by atoms with Crippen molar-refractivity contribution in [2.24, 2.45) is 5.92 Å². The number of hydrogen-bond donors (Lipinski definition) is 2. The van der Waals surface area contributed by atoms with E-state index in [1.807, 2.05) is 0 Å². The second-order valence-corrected chi connectivity index (χ2v) is 4.85. The maximum Gasteiger partial charge on any atom is 2.00 e. The molecule has 0 fully saturated rings. The first-order chi connectivity index (χ1) is 8.59. The fraction of sp³-hybridized carbons (Fsp3) is 0.857.